The molecule has 48 heavy (non-hydrogen) atoms. The minimum absolute atomic E-state index is 0.784. The van der Waals surface area contributed by atoms with Gasteiger partial charge in [0.15, 0.2) is 0 Å². The molecule has 1 aromatic heterocycles. The van der Waals surface area contributed by atoms with Crippen molar-refractivity contribution in [2.45, 2.75) is 20.3 Å². The first-order valence-corrected chi connectivity index (χ1v) is 16.5. The normalized spacial score (nSPS) is 11.3. The molecule has 0 aliphatic heterocycles. The van der Waals surface area contributed by atoms with Crippen LogP contribution in [0, 0.1) is 0 Å². The summed E-state index contributed by atoms with van der Waals surface area (Å²) < 4.78 is 2.37. The zero-order chi connectivity index (χ0) is 33.5. The van der Waals surface area contributed by atoms with Crippen molar-refractivity contribution < 1.29 is 0 Å². The summed E-state index contributed by atoms with van der Waals surface area (Å²) in [6, 6.07) is 44.5. The molecular formula is C46H40N2. The Morgan fingerprint density at radius 1 is 0.562 bits per heavy atom. The Balaban J connectivity index is 0.000000625. The van der Waals surface area contributed by atoms with Crippen LogP contribution in [0.15, 0.2) is 177 Å². The molecule has 0 spiro atoms. The molecule has 0 saturated heterocycles. The summed E-state index contributed by atoms with van der Waals surface area (Å²) in [5, 5.41) is 10.4. The van der Waals surface area contributed by atoms with E-state index >= 15 is 0 Å². The second-order valence-electron chi connectivity index (χ2n) is 11.3. The first-order chi connectivity index (χ1) is 23.7. The lowest BCUT2D eigenvalue weighted by Crippen LogP contribution is -1.94. The number of benzene rings is 7. The average molecular weight is 621 g/mol. The largest absolute Gasteiger partial charge is 0.309 e. The van der Waals surface area contributed by atoms with Crippen molar-refractivity contribution in [3.05, 3.63) is 177 Å². The number of hydrogen-bond acceptors (Lipinski definition) is 1. The van der Waals surface area contributed by atoms with Gasteiger partial charge in [0.05, 0.1) is 11.0 Å². The molecule has 0 unspecified atom stereocenters. The quantitative estimate of drug-likeness (QED) is 0.0958. The highest BCUT2D eigenvalue weighted by atomic mass is 15.0. The van der Waals surface area contributed by atoms with Crippen molar-refractivity contribution in [2.75, 3.05) is 0 Å². The maximum atomic E-state index is 4.40. The molecule has 0 aliphatic carbocycles. The van der Waals surface area contributed by atoms with Gasteiger partial charge in [0.1, 0.15) is 0 Å². The molecule has 0 fully saturated rings. The van der Waals surface area contributed by atoms with Crippen LogP contribution in [0.2, 0.25) is 0 Å². The van der Waals surface area contributed by atoms with E-state index in [2.05, 4.69) is 151 Å². The highest BCUT2D eigenvalue weighted by Crippen LogP contribution is 2.41. The summed E-state index contributed by atoms with van der Waals surface area (Å²) in [5.74, 6) is 0. The van der Waals surface area contributed by atoms with Crippen molar-refractivity contribution in [3.8, 4) is 16.8 Å². The second-order valence-corrected chi connectivity index (χ2v) is 11.3. The van der Waals surface area contributed by atoms with Crippen molar-refractivity contribution in [1.29, 1.82) is 0 Å². The summed E-state index contributed by atoms with van der Waals surface area (Å²) in [7, 11) is 0. The van der Waals surface area contributed by atoms with Gasteiger partial charge in [-0.2, -0.15) is 0 Å². The molecule has 0 bridgehead atoms. The van der Waals surface area contributed by atoms with Crippen LogP contribution in [0.25, 0.3) is 70.9 Å². The molecule has 0 atom stereocenters. The molecular weight excluding hydrogens is 581 g/mol. The van der Waals surface area contributed by atoms with E-state index in [0.29, 0.717) is 0 Å². The lowest BCUT2D eigenvalue weighted by Gasteiger charge is -2.16. The molecule has 2 nitrogen and oxygen atoms in total. The molecule has 0 amide bonds. The smallest absolute Gasteiger partial charge is 0.0541 e. The Labute approximate surface area is 283 Å². The average Bonchev–Trinajstić information content (AvgIpc) is 3.49. The fourth-order valence-corrected chi connectivity index (χ4v) is 6.60. The van der Waals surface area contributed by atoms with Gasteiger partial charge in [-0.15, -0.1) is 0 Å². The molecule has 0 N–H and O–H groups in total. The highest BCUT2D eigenvalue weighted by molar-refractivity contribution is 6.26. The van der Waals surface area contributed by atoms with E-state index < -0.39 is 0 Å². The Kier molecular flexibility index (Phi) is 9.74. The Morgan fingerprint density at radius 3 is 1.75 bits per heavy atom. The predicted octanol–water partition coefficient (Wildman–Crippen LogP) is 13.0. The van der Waals surface area contributed by atoms with E-state index in [1.807, 2.05) is 26.1 Å². The van der Waals surface area contributed by atoms with E-state index in [-0.39, 0.29) is 0 Å². The van der Waals surface area contributed by atoms with Crippen LogP contribution >= 0.6 is 0 Å². The number of para-hydroxylation sites is 2. The van der Waals surface area contributed by atoms with Crippen LogP contribution in [0.3, 0.4) is 0 Å². The van der Waals surface area contributed by atoms with Gasteiger partial charge in [0.2, 0.25) is 0 Å². The van der Waals surface area contributed by atoms with Crippen molar-refractivity contribution in [2.24, 2.45) is 4.99 Å². The van der Waals surface area contributed by atoms with Crippen molar-refractivity contribution in [3.63, 3.8) is 0 Å². The first kappa shape index (κ1) is 32.0. The lowest BCUT2D eigenvalue weighted by atomic mass is 9.88. The van der Waals surface area contributed by atoms with Crippen molar-refractivity contribution >= 4 is 60.3 Å². The number of fused-ring (bicyclic) bond motifs is 3. The molecule has 2 heteroatoms. The minimum Gasteiger partial charge on any atom is -0.309 e. The molecule has 7 aromatic carbocycles. The number of hydrogen-bond donors (Lipinski definition) is 0. The summed E-state index contributed by atoms with van der Waals surface area (Å²) >= 11 is 0. The summed E-state index contributed by atoms with van der Waals surface area (Å²) in [4.78, 5) is 4.40. The lowest BCUT2D eigenvalue weighted by molar-refractivity contribution is 1.18. The van der Waals surface area contributed by atoms with Crippen LogP contribution in [0.4, 0.5) is 0 Å². The van der Waals surface area contributed by atoms with Gasteiger partial charge in [0.25, 0.3) is 0 Å². The molecule has 8 rings (SSSR count). The number of aromatic nitrogens is 1. The Morgan fingerprint density at radius 2 is 1.12 bits per heavy atom. The Bertz CT molecular complexity index is 2370. The topological polar surface area (TPSA) is 17.3 Å². The monoisotopic (exact) mass is 620 g/mol. The van der Waals surface area contributed by atoms with E-state index in [9.17, 15) is 0 Å². The number of aliphatic imine (C=N–C) groups is 1. The Hall–Kier alpha value is -5.99. The number of nitrogens with zero attached hydrogens (tertiary/aromatic N) is 2. The van der Waals surface area contributed by atoms with Gasteiger partial charge in [-0.3, -0.25) is 4.99 Å². The minimum atomic E-state index is 0.784. The molecule has 8 aromatic rings. The molecule has 234 valence electrons. The summed E-state index contributed by atoms with van der Waals surface area (Å²) in [6.07, 6.45) is 11.4. The van der Waals surface area contributed by atoms with E-state index in [0.717, 1.165) is 6.42 Å². The van der Waals surface area contributed by atoms with Crippen LogP contribution in [0.1, 0.15) is 19.4 Å². The predicted molar refractivity (Wildman–Crippen MR) is 213 cm³/mol. The highest BCUT2D eigenvalue weighted by Gasteiger charge is 2.15. The third-order valence-electron chi connectivity index (χ3n) is 8.66. The van der Waals surface area contributed by atoms with E-state index in [1.54, 1.807) is 24.4 Å². The van der Waals surface area contributed by atoms with Gasteiger partial charge in [-0.25, -0.2) is 0 Å². The number of allylic oxidation sites excluding steroid dienone is 4. The molecule has 0 radical (unpaired) electrons. The molecule has 0 aliphatic rings. The zero-order valence-electron chi connectivity index (χ0n) is 27.7. The number of rotatable bonds is 7. The van der Waals surface area contributed by atoms with E-state index in [1.165, 1.54) is 76.5 Å². The molecule has 1 heterocycles. The second kappa shape index (κ2) is 14.6. The summed E-state index contributed by atoms with van der Waals surface area (Å²) in [5.41, 5.74) is 7.39. The SMILES string of the molecule is C=C/C=C\N=CCc1ccc2ccc3c(-c4ccc(-n5c6ccccc6c6ccccc65)cc4)ccc4ccc1c2c43.C=CC=C.CC. The maximum Gasteiger partial charge on any atom is 0.0541 e. The standard InChI is InChI=1S/C40H28N2.C4H6.C2H6/c1-2-3-25-41-26-24-28-12-13-29-18-23-36-32(21-16-30-17-22-33(28)39(29)40(30)36)27-14-19-31(20-15-27)42-37-10-6-4-8-34(37)35-9-5-7-11-38(35)42;1-3-4-2;1-2/h2-23,25-26H,1,24H2;3-4H,1-2H2;1-2H3/b25-3-,41-26?;;. The fourth-order valence-electron chi connectivity index (χ4n) is 6.60. The van der Waals surface area contributed by atoms with Crippen LogP contribution < -0.4 is 0 Å². The van der Waals surface area contributed by atoms with Gasteiger partial charge >= 0.3 is 0 Å². The van der Waals surface area contributed by atoms with Gasteiger partial charge in [-0.05, 0) is 79.3 Å². The van der Waals surface area contributed by atoms with Gasteiger partial charge < -0.3 is 4.57 Å². The fraction of sp³-hybridized carbons (Fsp3) is 0.0652. The third-order valence-corrected chi connectivity index (χ3v) is 8.66. The van der Waals surface area contributed by atoms with Crippen LogP contribution in [-0.2, 0) is 6.42 Å². The van der Waals surface area contributed by atoms with Gasteiger partial charge in [-0.1, -0.05) is 149 Å². The van der Waals surface area contributed by atoms with Crippen LogP contribution in [0.5, 0.6) is 0 Å². The maximum absolute atomic E-state index is 4.40. The zero-order valence-corrected chi connectivity index (χ0v) is 27.7. The van der Waals surface area contributed by atoms with Crippen LogP contribution in [-0.4, -0.2) is 10.8 Å². The van der Waals surface area contributed by atoms with E-state index in [4.69, 9.17) is 0 Å². The van der Waals surface area contributed by atoms with Gasteiger partial charge in [0, 0.05) is 35.3 Å². The summed E-state index contributed by atoms with van der Waals surface area (Å²) in [6.45, 7) is 14.4. The van der Waals surface area contributed by atoms with Crippen molar-refractivity contribution in [1.82, 2.24) is 4.57 Å². The molecule has 0 saturated carbocycles. The first-order valence-electron chi connectivity index (χ1n) is 16.5. The third kappa shape index (κ3) is 5.85.